The molecule has 3 unspecified atom stereocenters. The molecule has 39 heavy (non-hydrogen) atoms. The topological polar surface area (TPSA) is 71.1 Å². The third-order valence-electron chi connectivity index (χ3n) is 8.61. The molecule has 0 bridgehead atoms. The third kappa shape index (κ3) is 5.51. The van der Waals surface area contributed by atoms with Gasteiger partial charge < -0.3 is 24.6 Å². The molecule has 0 radical (unpaired) electrons. The van der Waals surface area contributed by atoms with Crippen LogP contribution in [-0.2, 0) is 11.2 Å². The lowest BCUT2D eigenvalue weighted by Gasteiger charge is -2.45. The molecule has 0 saturated carbocycles. The van der Waals surface area contributed by atoms with E-state index in [0.29, 0.717) is 43.7 Å². The van der Waals surface area contributed by atoms with Crippen LogP contribution < -0.4 is 14.8 Å². The minimum Gasteiger partial charge on any atom is -0.490 e. The molecule has 5 rings (SSSR count). The maximum Gasteiger partial charge on any atom is 0.254 e. The Balaban J connectivity index is 1.42. The van der Waals surface area contributed by atoms with Crippen LogP contribution in [0.25, 0.3) is 0 Å². The molecular formula is C32H43N3O4. The summed E-state index contributed by atoms with van der Waals surface area (Å²) in [6.07, 6.45) is 6.69. The number of hydrogen-bond donors (Lipinski definition) is 1. The van der Waals surface area contributed by atoms with Crippen LogP contribution >= 0.6 is 0 Å². The summed E-state index contributed by atoms with van der Waals surface area (Å²) in [5.41, 5.74) is 3.54. The molecule has 1 fully saturated rings. The van der Waals surface area contributed by atoms with Crippen molar-refractivity contribution in [3.8, 4) is 11.5 Å². The number of ether oxygens (including phenoxy) is 2. The minimum absolute atomic E-state index is 0.00662. The Morgan fingerprint density at radius 3 is 2.54 bits per heavy atom. The SMILES string of the molecule is CCOc1cc2c(cc1OCC)C1C(C(=O)NCCCN3CCCCC3CC)c3ccccc3C(=O)N1CC2. The van der Waals surface area contributed by atoms with Gasteiger partial charge in [-0.25, -0.2) is 0 Å². The molecule has 3 aliphatic heterocycles. The molecular weight excluding hydrogens is 490 g/mol. The first-order valence-corrected chi connectivity index (χ1v) is 14.9. The number of rotatable bonds is 10. The van der Waals surface area contributed by atoms with Crippen LogP contribution in [0.4, 0.5) is 0 Å². The van der Waals surface area contributed by atoms with Crippen molar-refractivity contribution in [2.75, 3.05) is 39.4 Å². The Morgan fingerprint density at radius 2 is 1.77 bits per heavy atom. The summed E-state index contributed by atoms with van der Waals surface area (Å²) in [5.74, 6) is 0.877. The van der Waals surface area contributed by atoms with Crippen molar-refractivity contribution in [2.24, 2.45) is 0 Å². The highest BCUT2D eigenvalue weighted by Crippen LogP contribution is 2.48. The first-order chi connectivity index (χ1) is 19.1. The van der Waals surface area contributed by atoms with E-state index in [4.69, 9.17) is 9.47 Å². The molecule has 2 aromatic rings. The Kier molecular flexibility index (Phi) is 8.75. The fourth-order valence-corrected chi connectivity index (χ4v) is 6.77. The minimum atomic E-state index is -0.483. The van der Waals surface area contributed by atoms with E-state index in [2.05, 4.69) is 17.1 Å². The average molecular weight is 534 g/mol. The van der Waals surface area contributed by atoms with Crippen LogP contribution in [0, 0.1) is 0 Å². The average Bonchev–Trinajstić information content (AvgIpc) is 2.96. The molecule has 3 heterocycles. The monoisotopic (exact) mass is 533 g/mol. The van der Waals surface area contributed by atoms with Crippen molar-refractivity contribution in [2.45, 2.75) is 77.3 Å². The Hall–Kier alpha value is -3.06. The molecule has 7 nitrogen and oxygen atoms in total. The number of hydrogen-bond acceptors (Lipinski definition) is 5. The highest BCUT2D eigenvalue weighted by molar-refractivity contribution is 6.01. The molecule has 3 atom stereocenters. The van der Waals surface area contributed by atoms with Gasteiger partial charge in [0.15, 0.2) is 11.5 Å². The molecule has 0 spiro atoms. The van der Waals surface area contributed by atoms with Gasteiger partial charge in [-0.2, -0.15) is 0 Å². The quantitative estimate of drug-likeness (QED) is 0.431. The summed E-state index contributed by atoms with van der Waals surface area (Å²) in [5, 5.41) is 3.26. The number of amides is 2. The van der Waals surface area contributed by atoms with Crippen LogP contribution in [0.2, 0.25) is 0 Å². The molecule has 2 amide bonds. The summed E-state index contributed by atoms with van der Waals surface area (Å²) < 4.78 is 11.8. The fourth-order valence-electron chi connectivity index (χ4n) is 6.77. The second kappa shape index (κ2) is 12.4. The Labute approximate surface area is 232 Å². The number of likely N-dealkylation sites (tertiary alicyclic amines) is 1. The molecule has 7 heteroatoms. The van der Waals surface area contributed by atoms with Gasteiger partial charge in [-0.3, -0.25) is 9.59 Å². The maximum atomic E-state index is 14.0. The van der Waals surface area contributed by atoms with Crippen molar-refractivity contribution < 1.29 is 19.1 Å². The fraction of sp³-hybridized carbons (Fsp3) is 0.562. The lowest BCUT2D eigenvalue weighted by atomic mass is 9.75. The van der Waals surface area contributed by atoms with E-state index < -0.39 is 5.92 Å². The van der Waals surface area contributed by atoms with Crippen LogP contribution in [0.15, 0.2) is 36.4 Å². The van der Waals surface area contributed by atoms with Gasteiger partial charge in [-0.1, -0.05) is 31.5 Å². The molecule has 210 valence electrons. The van der Waals surface area contributed by atoms with Crippen molar-refractivity contribution in [1.82, 2.24) is 15.1 Å². The van der Waals surface area contributed by atoms with Crippen LogP contribution in [0.1, 0.15) is 91.9 Å². The lowest BCUT2D eigenvalue weighted by Crippen LogP contribution is -2.50. The second-order valence-electron chi connectivity index (χ2n) is 10.9. The standard InChI is InChI=1S/C32H43N3O4/c1-4-23-12-9-10-17-34(23)18-11-16-33-31(36)29-24-13-7-8-14-25(24)32(37)35-19-15-22-20-27(38-5-2)28(39-6-3)21-26(22)30(29)35/h7-8,13-14,20-21,23,29-30H,4-6,9-12,15-19H2,1-3H3,(H,33,36). The van der Waals surface area contributed by atoms with Gasteiger partial charge in [-0.05, 0) is 87.4 Å². The predicted molar refractivity (Wildman–Crippen MR) is 153 cm³/mol. The third-order valence-corrected chi connectivity index (χ3v) is 8.61. The van der Waals surface area contributed by atoms with Crippen molar-refractivity contribution in [3.63, 3.8) is 0 Å². The number of piperidine rings is 1. The number of nitrogens with one attached hydrogen (secondary N) is 1. The van der Waals surface area contributed by atoms with Gasteiger partial charge in [0.05, 0.1) is 25.2 Å². The van der Waals surface area contributed by atoms with E-state index in [1.807, 2.05) is 55.1 Å². The molecule has 3 aliphatic rings. The van der Waals surface area contributed by atoms with E-state index in [-0.39, 0.29) is 17.9 Å². The van der Waals surface area contributed by atoms with Gasteiger partial charge in [0, 0.05) is 31.2 Å². The largest absolute Gasteiger partial charge is 0.490 e. The zero-order valence-corrected chi connectivity index (χ0v) is 23.7. The van der Waals surface area contributed by atoms with Gasteiger partial charge in [0.25, 0.3) is 5.91 Å². The first-order valence-electron chi connectivity index (χ1n) is 14.9. The number of nitrogens with zero attached hydrogens (tertiary/aromatic N) is 2. The summed E-state index contributed by atoms with van der Waals surface area (Å²) in [7, 11) is 0. The predicted octanol–water partition coefficient (Wildman–Crippen LogP) is 5.09. The Bertz CT molecular complexity index is 1180. The van der Waals surface area contributed by atoms with E-state index >= 15 is 0 Å². The Morgan fingerprint density at radius 1 is 1.00 bits per heavy atom. The molecule has 2 aromatic carbocycles. The summed E-state index contributed by atoms with van der Waals surface area (Å²) in [4.78, 5) is 32.1. The van der Waals surface area contributed by atoms with E-state index in [9.17, 15) is 9.59 Å². The zero-order valence-electron chi connectivity index (χ0n) is 23.7. The normalized spacial score (nSPS) is 22.5. The molecule has 0 aliphatic carbocycles. The summed E-state index contributed by atoms with van der Waals surface area (Å²) in [6.45, 7) is 10.6. The molecule has 1 saturated heterocycles. The highest BCUT2D eigenvalue weighted by atomic mass is 16.5. The van der Waals surface area contributed by atoms with Gasteiger partial charge in [0.2, 0.25) is 5.91 Å². The van der Waals surface area contributed by atoms with Crippen LogP contribution in [0.3, 0.4) is 0 Å². The molecule has 1 N–H and O–H groups in total. The summed E-state index contributed by atoms with van der Waals surface area (Å²) >= 11 is 0. The van der Waals surface area contributed by atoms with E-state index in [1.54, 1.807) is 0 Å². The second-order valence-corrected chi connectivity index (χ2v) is 10.9. The van der Waals surface area contributed by atoms with E-state index in [1.165, 1.54) is 25.7 Å². The number of benzene rings is 2. The zero-order chi connectivity index (χ0) is 27.4. The molecule has 0 aromatic heterocycles. The van der Waals surface area contributed by atoms with Crippen molar-refractivity contribution >= 4 is 11.8 Å². The van der Waals surface area contributed by atoms with Crippen molar-refractivity contribution in [1.29, 1.82) is 0 Å². The lowest BCUT2D eigenvalue weighted by molar-refractivity contribution is -0.124. The van der Waals surface area contributed by atoms with Crippen molar-refractivity contribution in [3.05, 3.63) is 58.7 Å². The van der Waals surface area contributed by atoms with Crippen LogP contribution in [-0.4, -0.2) is 67.0 Å². The summed E-state index contributed by atoms with van der Waals surface area (Å²) in [6, 6.07) is 11.9. The smallest absolute Gasteiger partial charge is 0.254 e. The highest BCUT2D eigenvalue weighted by Gasteiger charge is 2.46. The van der Waals surface area contributed by atoms with Gasteiger partial charge >= 0.3 is 0 Å². The van der Waals surface area contributed by atoms with Crippen LogP contribution in [0.5, 0.6) is 11.5 Å². The number of fused-ring (bicyclic) bond motifs is 4. The van der Waals surface area contributed by atoms with Gasteiger partial charge in [0.1, 0.15) is 0 Å². The number of carbonyl (C=O) groups excluding carboxylic acids is 2. The van der Waals surface area contributed by atoms with E-state index in [0.717, 1.165) is 48.4 Å². The first kappa shape index (κ1) is 27.5. The van der Waals surface area contributed by atoms with Gasteiger partial charge in [-0.15, -0.1) is 0 Å². The maximum absolute atomic E-state index is 14.0. The number of carbonyl (C=O) groups is 2.